The molecule has 5 nitrogen and oxygen atoms in total. The normalized spacial score (nSPS) is 20.1. The van der Waals surface area contributed by atoms with Crippen LogP contribution in [-0.4, -0.2) is 34.5 Å². The molecule has 1 saturated heterocycles. The zero-order chi connectivity index (χ0) is 12.4. The van der Waals surface area contributed by atoms with Gasteiger partial charge in [-0.25, -0.2) is 0 Å². The fourth-order valence-electron chi connectivity index (χ4n) is 2.35. The lowest BCUT2D eigenvalue weighted by Gasteiger charge is -2.37. The van der Waals surface area contributed by atoms with Crippen molar-refractivity contribution < 1.29 is 4.74 Å². The predicted molar refractivity (Wildman–Crippen MR) is 67.2 cm³/mol. The second-order valence-electron chi connectivity index (χ2n) is 4.31. The van der Waals surface area contributed by atoms with E-state index in [2.05, 4.69) is 21.2 Å². The summed E-state index contributed by atoms with van der Waals surface area (Å²) in [6, 6.07) is 6.09. The molecule has 3 heterocycles. The van der Waals surface area contributed by atoms with Crippen LogP contribution in [0, 0.1) is 6.20 Å². The average molecular weight is 243 g/mol. The molecule has 3 rings (SSSR count). The Bertz CT molecular complexity index is 511. The molecule has 2 aromatic rings. The van der Waals surface area contributed by atoms with Gasteiger partial charge >= 0.3 is 0 Å². The third-order valence-corrected chi connectivity index (χ3v) is 3.26. The molecule has 0 unspecified atom stereocenters. The SMILES string of the molecule is Cn1nccc1[C@@H]1COCCN1c1cc[c]nc1. The summed E-state index contributed by atoms with van der Waals surface area (Å²) in [6.45, 7) is 2.28. The molecule has 93 valence electrons. The fourth-order valence-corrected chi connectivity index (χ4v) is 2.35. The van der Waals surface area contributed by atoms with Gasteiger partial charge in [-0.15, -0.1) is 0 Å². The second-order valence-corrected chi connectivity index (χ2v) is 4.31. The third-order valence-electron chi connectivity index (χ3n) is 3.26. The lowest BCUT2D eigenvalue weighted by Crippen LogP contribution is -2.40. The molecule has 1 radical (unpaired) electrons. The van der Waals surface area contributed by atoms with Gasteiger partial charge in [-0.3, -0.25) is 9.67 Å². The molecule has 1 atom stereocenters. The lowest BCUT2D eigenvalue weighted by atomic mass is 10.1. The first-order valence-corrected chi connectivity index (χ1v) is 6.00. The van der Waals surface area contributed by atoms with E-state index in [0.717, 1.165) is 24.5 Å². The number of ether oxygens (including phenoxy) is 1. The lowest BCUT2D eigenvalue weighted by molar-refractivity contribution is 0.0918. The van der Waals surface area contributed by atoms with Crippen molar-refractivity contribution in [1.82, 2.24) is 14.8 Å². The summed E-state index contributed by atoms with van der Waals surface area (Å²) >= 11 is 0. The van der Waals surface area contributed by atoms with Gasteiger partial charge in [-0.2, -0.15) is 5.10 Å². The molecule has 0 N–H and O–H groups in total. The number of hydrogen-bond acceptors (Lipinski definition) is 4. The molecule has 0 bridgehead atoms. The highest BCUT2D eigenvalue weighted by molar-refractivity contribution is 5.46. The van der Waals surface area contributed by atoms with Gasteiger partial charge in [0.2, 0.25) is 0 Å². The minimum Gasteiger partial charge on any atom is -0.377 e. The molecular weight excluding hydrogens is 228 g/mol. The van der Waals surface area contributed by atoms with Crippen LogP contribution in [0.25, 0.3) is 0 Å². The third kappa shape index (κ3) is 1.97. The Hall–Kier alpha value is -1.88. The van der Waals surface area contributed by atoms with E-state index in [1.54, 1.807) is 0 Å². The van der Waals surface area contributed by atoms with Crippen molar-refractivity contribution in [3.63, 3.8) is 0 Å². The van der Waals surface area contributed by atoms with Gasteiger partial charge < -0.3 is 9.64 Å². The summed E-state index contributed by atoms with van der Waals surface area (Å²) < 4.78 is 7.50. The van der Waals surface area contributed by atoms with Crippen molar-refractivity contribution in [3.05, 3.63) is 42.5 Å². The Kier molecular flexibility index (Phi) is 2.98. The highest BCUT2D eigenvalue weighted by atomic mass is 16.5. The van der Waals surface area contributed by atoms with Crippen LogP contribution in [0.4, 0.5) is 5.69 Å². The predicted octanol–water partition coefficient (Wildman–Crippen LogP) is 1.19. The van der Waals surface area contributed by atoms with Crippen LogP contribution < -0.4 is 4.90 Å². The molecular formula is C13H15N4O. The summed E-state index contributed by atoms with van der Waals surface area (Å²) in [7, 11) is 1.96. The standard InChI is InChI=1S/C13H15N4O/c1-16-12(4-6-15-16)13-10-18-8-7-17(13)11-3-2-5-14-9-11/h2-4,6,9,13H,7-8,10H2,1H3/t13-/m0/s1. The second kappa shape index (κ2) is 4.78. The number of hydrogen-bond donors (Lipinski definition) is 0. The average Bonchev–Trinajstić information content (AvgIpc) is 2.86. The van der Waals surface area contributed by atoms with Gasteiger partial charge in [0.1, 0.15) is 0 Å². The maximum absolute atomic E-state index is 5.60. The number of aromatic nitrogens is 3. The molecule has 0 spiro atoms. The summed E-state index contributed by atoms with van der Waals surface area (Å²) in [4.78, 5) is 6.38. The van der Waals surface area contributed by atoms with Crippen molar-refractivity contribution in [2.45, 2.75) is 6.04 Å². The zero-order valence-corrected chi connectivity index (χ0v) is 10.3. The van der Waals surface area contributed by atoms with Crippen molar-refractivity contribution in [1.29, 1.82) is 0 Å². The van der Waals surface area contributed by atoms with Crippen LogP contribution in [0.2, 0.25) is 0 Å². The molecule has 0 saturated carbocycles. The van der Waals surface area contributed by atoms with Crippen LogP contribution in [0.5, 0.6) is 0 Å². The molecule has 0 amide bonds. The number of rotatable bonds is 2. The van der Waals surface area contributed by atoms with Gasteiger partial charge in [0.15, 0.2) is 0 Å². The molecule has 2 aromatic heterocycles. The molecule has 1 aliphatic rings. The van der Waals surface area contributed by atoms with E-state index in [4.69, 9.17) is 4.74 Å². The van der Waals surface area contributed by atoms with Crippen molar-refractivity contribution in [2.75, 3.05) is 24.7 Å². The van der Waals surface area contributed by atoms with Crippen LogP contribution in [0.3, 0.4) is 0 Å². The minimum absolute atomic E-state index is 0.190. The van der Waals surface area contributed by atoms with Crippen LogP contribution in [0.1, 0.15) is 11.7 Å². The Balaban J connectivity index is 1.94. The zero-order valence-electron chi connectivity index (χ0n) is 10.3. The van der Waals surface area contributed by atoms with Crippen molar-refractivity contribution in [3.8, 4) is 0 Å². The summed E-state index contributed by atoms with van der Waals surface area (Å²) in [5.41, 5.74) is 2.26. The van der Waals surface area contributed by atoms with Gasteiger partial charge in [-0.1, -0.05) is 0 Å². The number of anilines is 1. The van der Waals surface area contributed by atoms with E-state index in [-0.39, 0.29) is 6.04 Å². The van der Waals surface area contributed by atoms with E-state index in [9.17, 15) is 0 Å². The van der Waals surface area contributed by atoms with E-state index in [0.29, 0.717) is 6.61 Å². The van der Waals surface area contributed by atoms with E-state index >= 15 is 0 Å². The molecule has 0 aromatic carbocycles. The van der Waals surface area contributed by atoms with Gasteiger partial charge in [0, 0.05) is 19.8 Å². The smallest absolute Gasteiger partial charge is 0.0945 e. The molecule has 0 aliphatic carbocycles. The first-order chi connectivity index (χ1) is 8.86. The topological polar surface area (TPSA) is 43.2 Å². The Labute approximate surface area is 106 Å². The number of aryl methyl sites for hydroxylation is 1. The highest BCUT2D eigenvalue weighted by Crippen LogP contribution is 2.28. The van der Waals surface area contributed by atoms with Gasteiger partial charge in [0.05, 0.1) is 43.0 Å². The highest BCUT2D eigenvalue weighted by Gasteiger charge is 2.26. The largest absolute Gasteiger partial charge is 0.377 e. The van der Waals surface area contributed by atoms with Crippen molar-refractivity contribution >= 4 is 5.69 Å². The maximum Gasteiger partial charge on any atom is 0.0945 e. The first kappa shape index (κ1) is 11.2. The monoisotopic (exact) mass is 243 g/mol. The molecule has 1 aliphatic heterocycles. The minimum atomic E-state index is 0.190. The quantitative estimate of drug-likeness (QED) is 0.794. The number of pyridine rings is 1. The Morgan fingerprint density at radius 3 is 3.11 bits per heavy atom. The number of nitrogens with zero attached hydrogens (tertiary/aromatic N) is 4. The molecule has 5 heteroatoms. The van der Waals surface area contributed by atoms with E-state index < -0.39 is 0 Å². The van der Waals surface area contributed by atoms with Crippen LogP contribution in [-0.2, 0) is 11.8 Å². The van der Waals surface area contributed by atoms with Crippen molar-refractivity contribution in [2.24, 2.45) is 7.05 Å². The Morgan fingerprint density at radius 1 is 1.44 bits per heavy atom. The summed E-state index contributed by atoms with van der Waals surface area (Å²) in [6.07, 6.45) is 6.47. The van der Waals surface area contributed by atoms with E-state index in [1.807, 2.05) is 42.3 Å². The van der Waals surface area contributed by atoms with E-state index in [1.165, 1.54) is 0 Å². The number of morpholine rings is 1. The molecule has 18 heavy (non-hydrogen) atoms. The maximum atomic E-state index is 5.60. The summed E-state index contributed by atoms with van der Waals surface area (Å²) in [5.74, 6) is 0. The fraction of sp³-hybridized carbons (Fsp3) is 0.385. The first-order valence-electron chi connectivity index (χ1n) is 6.00. The van der Waals surface area contributed by atoms with Crippen LogP contribution in [0.15, 0.2) is 30.6 Å². The molecule has 1 fully saturated rings. The Morgan fingerprint density at radius 2 is 2.39 bits per heavy atom. The van der Waals surface area contributed by atoms with Gasteiger partial charge in [-0.05, 0) is 18.2 Å². The van der Waals surface area contributed by atoms with Crippen LogP contribution >= 0.6 is 0 Å². The van der Waals surface area contributed by atoms with Gasteiger partial charge in [0.25, 0.3) is 0 Å². The summed E-state index contributed by atoms with van der Waals surface area (Å²) in [5, 5.41) is 4.23.